The van der Waals surface area contributed by atoms with Gasteiger partial charge in [-0.25, -0.2) is 4.39 Å². The molecule has 0 bridgehead atoms. The van der Waals surface area contributed by atoms with E-state index in [9.17, 15) is 9.18 Å². The van der Waals surface area contributed by atoms with Crippen LogP contribution in [0.25, 0.3) is 11.0 Å². The van der Waals surface area contributed by atoms with Crippen LogP contribution in [0.1, 0.15) is 21.7 Å². The molecule has 0 unspecified atom stereocenters. The number of ketones is 1. The first kappa shape index (κ1) is 12.1. The first-order chi connectivity index (χ1) is 9.69. The molecule has 3 aromatic rings. The minimum Gasteiger partial charge on any atom is -0.449 e. The van der Waals surface area contributed by atoms with Crippen molar-refractivity contribution >= 4 is 16.8 Å². The van der Waals surface area contributed by atoms with E-state index < -0.39 is 5.82 Å². The zero-order valence-corrected chi connectivity index (χ0v) is 10.3. The molecule has 20 heavy (non-hydrogen) atoms. The number of nitriles is 1. The summed E-state index contributed by atoms with van der Waals surface area (Å²) in [4.78, 5) is 12.3. The van der Waals surface area contributed by atoms with Crippen molar-refractivity contribution in [2.75, 3.05) is 0 Å². The summed E-state index contributed by atoms with van der Waals surface area (Å²) in [5.74, 6) is -0.829. The number of para-hydroxylation sites is 1. The van der Waals surface area contributed by atoms with Gasteiger partial charge in [-0.15, -0.1) is 0 Å². The number of nitrogens with zero attached hydrogens (tertiary/aromatic N) is 1. The fraction of sp³-hybridized carbons (Fsp3) is 0. The Labute approximate surface area is 113 Å². The average Bonchev–Trinajstić information content (AvgIpc) is 2.92. The quantitative estimate of drug-likeness (QED) is 0.664. The van der Waals surface area contributed by atoms with E-state index in [1.165, 1.54) is 18.2 Å². The SMILES string of the molecule is N#Cc1cccc(C(=O)c2cc3cccc(F)c3o2)c1. The van der Waals surface area contributed by atoms with Crippen LogP contribution in [-0.2, 0) is 0 Å². The molecule has 0 saturated heterocycles. The highest BCUT2D eigenvalue weighted by Crippen LogP contribution is 2.24. The van der Waals surface area contributed by atoms with Crippen molar-refractivity contribution in [3.8, 4) is 6.07 Å². The number of rotatable bonds is 2. The number of halogens is 1. The lowest BCUT2D eigenvalue weighted by Crippen LogP contribution is -1.99. The zero-order chi connectivity index (χ0) is 14.1. The van der Waals surface area contributed by atoms with Crippen LogP contribution in [0.15, 0.2) is 52.9 Å². The van der Waals surface area contributed by atoms with Gasteiger partial charge in [-0.3, -0.25) is 4.79 Å². The Morgan fingerprint density at radius 2 is 1.95 bits per heavy atom. The highest BCUT2D eigenvalue weighted by Gasteiger charge is 2.16. The molecule has 0 N–H and O–H groups in total. The Bertz CT molecular complexity index is 858. The van der Waals surface area contributed by atoms with Crippen molar-refractivity contribution in [3.05, 3.63) is 71.2 Å². The van der Waals surface area contributed by atoms with Gasteiger partial charge < -0.3 is 4.42 Å². The maximum absolute atomic E-state index is 13.5. The second kappa shape index (κ2) is 4.63. The lowest BCUT2D eigenvalue weighted by atomic mass is 10.1. The smallest absolute Gasteiger partial charge is 0.228 e. The van der Waals surface area contributed by atoms with Gasteiger partial charge in [0.05, 0.1) is 11.6 Å². The number of hydrogen-bond donors (Lipinski definition) is 0. The molecular formula is C16H8FNO2. The summed E-state index contributed by atoms with van der Waals surface area (Å²) in [7, 11) is 0. The number of fused-ring (bicyclic) bond motifs is 1. The Morgan fingerprint density at radius 3 is 2.70 bits per heavy atom. The second-order valence-electron chi connectivity index (χ2n) is 4.29. The Kier molecular flexibility index (Phi) is 2.81. The second-order valence-corrected chi connectivity index (χ2v) is 4.29. The maximum Gasteiger partial charge on any atom is 0.228 e. The van der Waals surface area contributed by atoms with Crippen LogP contribution < -0.4 is 0 Å². The first-order valence-electron chi connectivity index (χ1n) is 5.92. The maximum atomic E-state index is 13.5. The van der Waals surface area contributed by atoms with Crippen LogP contribution in [0.3, 0.4) is 0 Å². The van der Waals surface area contributed by atoms with Gasteiger partial charge in [0.1, 0.15) is 0 Å². The van der Waals surface area contributed by atoms with E-state index in [-0.39, 0.29) is 17.1 Å². The monoisotopic (exact) mass is 265 g/mol. The van der Waals surface area contributed by atoms with E-state index in [4.69, 9.17) is 9.68 Å². The van der Waals surface area contributed by atoms with E-state index in [0.717, 1.165) is 0 Å². The van der Waals surface area contributed by atoms with Crippen molar-refractivity contribution in [1.29, 1.82) is 5.26 Å². The lowest BCUT2D eigenvalue weighted by Gasteiger charge is -1.97. The molecule has 4 heteroatoms. The molecule has 3 nitrogen and oxygen atoms in total. The van der Waals surface area contributed by atoms with Crippen LogP contribution in [0.4, 0.5) is 4.39 Å². The van der Waals surface area contributed by atoms with Crippen molar-refractivity contribution in [1.82, 2.24) is 0 Å². The Morgan fingerprint density at radius 1 is 1.15 bits per heavy atom. The predicted molar refractivity (Wildman–Crippen MR) is 70.8 cm³/mol. The summed E-state index contributed by atoms with van der Waals surface area (Å²) in [5, 5.41) is 9.36. The third-order valence-electron chi connectivity index (χ3n) is 2.97. The number of carbonyl (C=O) groups excluding carboxylic acids is 1. The molecule has 96 valence electrons. The molecule has 0 atom stereocenters. The van der Waals surface area contributed by atoms with Gasteiger partial charge in [0, 0.05) is 10.9 Å². The van der Waals surface area contributed by atoms with Crippen LogP contribution in [0, 0.1) is 17.1 Å². The number of benzene rings is 2. The van der Waals surface area contributed by atoms with Gasteiger partial charge in [0.15, 0.2) is 17.2 Å². The molecule has 0 aliphatic heterocycles. The van der Waals surface area contributed by atoms with Crippen molar-refractivity contribution in [2.24, 2.45) is 0 Å². The highest BCUT2D eigenvalue weighted by molar-refractivity contribution is 6.09. The largest absolute Gasteiger partial charge is 0.449 e. The Hall–Kier alpha value is -2.93. The van der Waals surface area contributed by atoms with Crippen molar-refractivity contribution in [3.63, 3.8) is 0 Å². The van der Waals surface area contributed by atoms with Gasteiger partial charge in [-0.2, -0.15) is 5.26 Å². The normalized spacial score (nSPS) is 10.4. The molecule has 3 rings (SSSR count). The van der Waals surface area contributed by atoms with E-state index in [1.807, 2.05) is 6.07 Å². The van der Waals surface area contributed by atoms with Gasteiger partial charge >= 0.3 is 0 Å². The van der Waals surface area contributed by atoms with Gasteiger partial charge in [-0.05, 0) is 24.3 Å². The predicted octanol–water partition coefficient (Wildman–Crippen LogP) is 3.67. The molecule has 1 aromatic heterocycles. The molecule has 1 heterocycles. The van der Waals surface area contributed by atoms with Crippen LogP contribution >= 0.6 is 0 Å². The van der Waals surface area contributed by atoms with E-state index >= 15 is 0 Å². The summed E-state index contributed by atoms with van der Waals surface area (Å²) in [5.41, 5.74) is 0.786. The highest BCUT2D eigenvalue weighted by atomic mass is 19.1. The third kappa shape index (κ3) is 1.95. The zero-order valence-electron chi connectivity index (χ0n) is 10.3. The molecular weight excluding hydrogens is 257 g/mol. The molecule has 0 aliphatic rings. The van der Waals surface area contributed by atoms with Gasteiger partial charge in [0.2, 0.25) is 5.78 Å². The standard InChI is InChI=1S/C16H8FNO2/c17-13-6-2-5-12-8-14(20-16(12)13)15(19)11-4-1-3-10(7-11)9-18/h1-8H. The molecule has 0 fully saturated rings. The lowest BCUT2D eigenvalue weighted by molar-refractivity contribution is 0.101. The Balaban J connectivity index is 2.08. The summed E-state index contributed by atoms with van der Waals surface area (Å²) in [6, 6.07) is 14.3. The fourth-order valence-electron chi connectivity index (χ4n) is 2.01. The van der Waals surface area contributed by atoms with Crippen LogP contribution in [0.2, 0.25) is 0 Å². The molecule has 0 radical (unpaired) electrons. The van der Waals surface area contributed by atoms with Crippen LogP contribution in [0.5, 0.6) is 0 Å². The number of carbonyl (C=O) groups is 1. The molecule has 0 spiro atoms. The van der Waals surface area contributed by atoms with E-state index in [1.54, 1.807) is 30.3 Å². The molecule has 0 aliphatic carbocycles. The summed E-state index contributed by atoms with van der Waals surface area (Å²) in [6.45, 7) is 0. The number of hydrogen-bond acceptors (Lipinski definition) is 3. The molecule has 2 aromatic carbocycles. The topological polar surface area (TPSA) is 54.0 Å². The summed E-state index contributed by atoms with van der Waals surface area (Å²) >= 11 is 0. The van der Waals surface area contributed by atoms with Crippen molar-refractivity contribution < 1.29 is 13.6 Å². The van der Waals surface area contributed by atoms with Crippen LogP contribution in [-0.4, -0.2) is 5.78 Å². The van der Waals surface area contributed by atoms with Gasteiger partial charge in [0.25, 0.3) is 0 Å². The molecule has 0 amide bonds. The van der Waals surface area contributed by atoms with E-state index in [0.29, 0.717) is 16.5 Å². The summed E-state index contributed by atoms with van der Waals surface area (Å²) < 4.78 is 18.8. The van der Waals surface area contributed by atoms with Crippen molar-refractivity contribution in [2.45, 2.75) is 0 Å². The third-order valence-corrected chi connectivity index (χ3v) is 2.97. The van der Waals surface area contributed by atoms with Gasteiger partial charge in [-0.1, -0.05) is 24.3 Å². The first-order valence-corrected chi connectivity index (χ1v) is 5.92. The summed E-state index contributed by atoms with van der Waals surface area (Å²) in [6.07, 6.45) is 0. The van der Waals surface area contributed by atoms with E-state index in [2.05, 4.69) is 0 Å². The molecule has 0 saturated carbocycles. The fourth-order valence-corrected chi connectivity index (χ4v) is 2.01. The minimum absolute atomic E-state index is 0.0557. The number of furan rings is 1. The minimum atomic E-state index is -0.507. The average molecular weight is 265 g/mol.